The SMILES string of the molecule is CN=C(NCCCOCc1ccco1)N1CCN(Cc2ccc3c(c2)OCO3)CC1. The minimum absolute atomic E-state index is 0.319. The summed E-state index contributed by atoms with van der Waals surface area (Å²) in [7, 11) is 1.84. The Labute approximate surface area is 177 Å². The zero-order valence-electron chi connectivity index (χ0n) is 17.5. The van der Waals surface area contributed by atoms with E-state index in [1.54, 1.807) is 6.26 Å². The average molecular weight is 415 g/mol. The van der Waals surface area contributed by atoms with E-state index in [0.29, 0.717) is 20.0 Å². The predicted molar refractivity (Wildman–Crippen MR) is 114 cm³/mol. The second-order valence-electron chi connectivity index (χ2n) is 7.41. The van der Waals surface area contributed by atoms with Gasteiger partial charge < -0.3 is 28.8 Å². The topological polar surface area (TPSA) is 71.7 Å². The first-order valence-electron chi connectivity index (χ1n) is 10.5. The zero-order chi connectivity index (χ0) is 20.6. The number of rotatable bonds is 8. The number of guanidine groups is 1. The lowest BCUT2D eigenvalue weighted by molar-refractivity contribution is 0.104. The van der Waals surface area contributed by atoms with Crippen molar-refractivity contribution >= 4 is 5.96 Å². The Hall–Kier alpha value is -2.71. The molecular formula is C22H30N4O4. The van der Waals surface area contributed by atoms with Crippen molar-refractivity contribution < 1.29 is 18.6 Å². The maximum atomic E-state index is 5.63. The third kappa shape index (κ3) is 5.46. The van der Waals surface area contributed by atoms with Crippen molar-refractivity contribution in [3.05, 3.63) is 47.9 Å². The molecule has 1 saturated heterocycles. The van der Waals surface area contributed by atoms with Crippen LogP contribution in [0.5, 0.6) is 11.5 Å². The standard InChI is InChI=1S/C22H30N4O4/c1-23-22(24-7-3-12-27-16-19-4-2-13-28-19)26-10-8-25(9-11-26)15-18-5-6-20-21(14-18)30-17-29-20/h2,4-6,13-14H,3,7-12,15-17H2,1H3,(H,23,24). The summed E-state index contributed by atoms with van der Waals surface area (Å²) in [5, 5.41) is 3.45. The van der Waals surface area contributed by atoms with Gasteiger partial charge in [-0.15, -0.1) is 0 Å². The molecule has 0 unspecified atom stereocenters. The molecule has 1 fully saturated rings. The van der Waals surface area contributed by atoms with Crippen molar-refractivity contribution in [1.82, 2.24) is 15.1 Å². The van der Waals surface area contributed by atoms with E-state index < -0.39 is 0 Å². The van der Waals surface area contributed by atoms with E-state index in [4.69, 9.17) is 18.6 Å². The van der Waals surface area contributed by atoms with Gasteiger partial charge in [0.1, 0.15) is 12.4 Å². The van der Waals surface area contributed by atoms with Crippen LogP contribution in [0.1, 0.15) is 17.7 Å². The molecule has 0 radical (unpaired) electrons. The molecule has 162 valence electrons. The molecule has 1 aromatic heterocycles. The quantitative estimate of drug-likeness (QED) is 0.404. The van der Waals surface area contributed by atoms with E-state index in [2.05, 4.69) is 32.2 Å². The number of ether oxygens (including phenoxy) is 3. The Morgan fingerprint density at radius 1 is 1.13 bits per heavy atom. The molecule has 3 heterocycles. The lowest BCUT2D eigenvalue weighted by Crippen LogP contribution is -2.52. The zero-order valence-corrected chi connectivity index (χ0v) is 17.5. The lowest BCUT2D eigenvalue weighted by atomic mass is 10.1. The Morgan fingerprint density at radius 3 is 2.80 bits per heavy atom. The van der Waals surface area contributed by atoms with E-state index in [-0.39, 0.29) is 0 Å². The molecule has 8 nitrogen and oxygen atoms in total. The molecule has 4 rings (SSSR count). The summed E-state index contributed by atoms with van der Waals surface area (Å²) in [6, 6.07) is 10.0. The Bertz CT molecular complexity index is 817. The third-order valence-corrected chi connectivity index (χ3v) is 5.30. The van der Waals surface area contributed by atoms with E-state index in [1.807, 2.05) is 25.2 Å². The smallest absolute Gasteiger partial charge is 0.231 e. The van der Waals surface area contributed by atoms with Gasteiger partial charge in [0.15, 0.2) is 17.5 Å². The predicted octanol–water partition coefficient (Wildman–Crippen LogP) is 2.31. The average Bonchev–Trinajstić information content (AvgIpc) is 3.46. The fourth-order valence-electron chi connectivity index (χ4n) is 3.69. The molecule has 0 amide bonds. The number of hydrogen-bond acceptors (Lipinski definition) is 6. The molecule has 0 spiro atoms. The van der Waals surface area contributed by atoms with Crippen LogP contribution in [-0.2, 0) is 17.9 Å². The summed E-state index contributed by atoms with van der Waals surface area (Å²) in [6.45, 7) is 7.20. The van der Waals surface area contributed by atoms with Crippen LogP contribution in [0.4, 0.5) is 0 Å². The van der Waals surface area contributed by atoms with Crippen molar-refractivity contribution in [1.29, 1.82) is 0 Å². The third-order valence-electron chi connectivity index (χ3n) is 5.30. The van der Waals surface area contributed by atoms with Gasteiger partial charge >= 0.3 is 0 Å². The Balaban J connectivity index is 1.14. The molecular weight excluding hydrogens is 384 g/mol. The first-order chi connectivity index (χ1) is 14.8. The molecule has 2 aliphatic rings. The van der Waals surface area contributed by atoms with E-state index in [0.717, 1.165) is 68.9 Å². The number of furan rings is 1. The van der Waals surface area contributed by atoms with E-state index in [9.17, 15) is 0 Å². The minimum Gasteiger partial charge on any atom is -0.467 e. The van der Waals surface area contributed by atoms with Gasteiger partial charge in [-0.3, -0.25) is 9.89 Å². The summed E-state index contributed by atoms with van der Waals surface area (Å²) >= 11 is 0. The van der Waals surface area contributed by atoms with Crippen LogP contribution >= 0.6 is 0 Å². The fourth-order valence-corrected chi connectivity index (χ4v) is 3.69. The van der Waals surface area contributed by atoms with E-state index in [1.165, 1.54) is 5.56 Å². The highest BCUT2D eigenvalue weighted by Gasteiger charge is 2.20. The molecule has 0 aliphatic carbocycles. The van der Waals surface area contributed by atoms with Crippen molar-refractivity contribution in [3.63, 3.8) is 0 Å². The van der Waals surface area contributed by atoms with Crippen molar-refractivity contribution in [3.8, 4) is 11.5 Å². The van der Waals surface area contributed by atoms with Crippen LogP contribution in [0.25, 0.3) is 0 Å². The van der Waals surface area contributed by atoms with Crippen molar-refractivity contribution in [2.24, 2.45) is 4.99 Å². The van der Waals surface area contributed by atoms with Gasteiger partial charge in [-0.2, -0.15) is 0 Å². The van der Waals surface area contributed by atoms with Crippen LogP contribution in [-0.4, -0.2) is 68.9 Å². The molecule has 2 aromatic rings. The van der Waals surface area contributed by atoms with Crippen LogP contribution in [0.15, 0.2) is 46.0 Å². The number of aliphatic imine (C=N–C) groups is 1. The maximum absolute atomic E-state index is 5.63. The van der Waals surface area contributed by atoms with Gasteiger partial charge in [-0.25, -0.2) is 0 Å². The molecule has 30 heavy (non-hydrogen) atoms. The van der Waals surface area contributed by atoms with Crippen molar-refractivity contribution in [2.75, 3.05) is 53.2 Å². The monoisotopic (exact) mass is 414 g/mol. The van der Waals surface area contributed by atoms with Gasteiger partial charge in [0, 0.05) is 52.9 Å². The van der Waals surface area contributed by atoms with Gasteiger partial charge in [0.2, 0.25) is 6.79 Å². The number of piperazine rings is 1. The molecule has 1 N–H and O–H groups in total. The van der Waals surface area contributed by atoms with Gasteiger partial charge in [0.25, 0.3) is 0 Å². The summed E-state index contributed by atoms with van der Waals surface area (Å²) < 4.78 is 21.8. The Kier molecular flexibility index (Phi) is 7.10. The number of benzene rings is 1. The number of nitrogens with one attached hydrogen (secondary N) is 1. The highest BCUT2D eigenvalue weighted by molar-refractivity contribution is 5.79. The first kappa shape index (κ1) is 20.6. The van der Waals surface area contributed by atoms with Gasteiger partial charge in [-0.05, 0) is 36.2 Å². The molecule has 0 saturated carbocycles. The van der Waals surface area contributed by atoms with Crippen LogP contribution < -0.4 is 14.8 Å². The normalized spacial score (nSPS) is 16.8. The lowest BCUT2D eigenvalue weighted by Gasteiger charge is -2.36. The number of fused-ring (bicyclic) bond motifs is 1. The molecule has 8 heteroatoms. The molecule has 0 bridgehead atoms. The molecule has 1 aromatic carbocycles. The van der Waals surface area contributed by atoms with Crippen LogP contribution in [0.2, 0.25) is 0 Å². The van der Waals surface area contributed by atoms with Crippen LogP contribution in [0, 0.1) is 0 Å². The number of nitrogens with zero attached hydrogens (tertiary/aromatic N) is 3. The second kappa shape index (κ2) is 10.4. The first-order valence-corrected chi connectivity index (χ1v) is 10.5. The fraction of sp³-hybridized carbons (Fsp3) is 0.500. The molecule has 0 atom stereocenters. The highest BCUT2D eigenvalue weighted by atomic mass is 16.7. The van der Waals surface area contributed by atoms with E-state index >= 15 is 0 Å². The highest BCUT2D eigenvalue weighted by Crippen LogP contribution is 2.32. The molecule has 2 aliphatic heterocycles. The van der Waals surface area contributed by atoms with Gasteiger partial charge in [-0.1, -0.05) is 6.07 Å². The van der Waals surface area contributed by atoms with Crippen molar-refractivity contribution in [2.45, 2.75) is 19.6 Å². The minimum atomic E-state index is 0.319. The maximum Gasteiger partial charge on any atom is 0.231 e. The number of hydrogen-bond donors (Lipinski definition) is 1. The summed E-state index contributed by atoms with van der Waals surface area (Å²) in [5.74, 6) is 3.51. The summed E-state index contributed by atoms with van der Waals surface area (Å²) in [5.41, 5.74) is 1.25. The summed E-state index contributed by atoms with van der Waals surface area (Å²) in [4.78, 5) is 9.23. The van der Waals surface area contributed by atoms with Crippen LogP contribution in [0.3, 0.4) is 0 Å². The largest absolute Gasteiger partial charge is 0.467 e. The Morgan fingerprint density at radius 2 is 2.00 bits per heavy atom. The second-order valence-corrected chi connectivity index (χ2v) is 7.41. The van der Waals surface area contributed by atoms with Gasteiger partial charge in [0.05, 0.1) is 6.26 Å². The summed E-state index contributed by atoms with van der Waals surface area (Å²) in [6.07, 6.45) is 2.59.